The zero-order chi connectivity index (χ0) is 16.9. The largest absolute Gasteiger partial charge is 0.311 e. The average molecular weight is 347 g/mol. The molecule has 0 aliphatic carbocycles. The summed E-state index contributed by atoms with van der Waals surface area (Å²) in [5, 5.41) is 10.7. The molecule has 0 bridgehead atoms. The molecule has 1 saturated heterocycles. The highest BCUT2D eigenvalue weighted by Gasteiger charge is 2.19. The third kappa shape index (κ3) is 4.36. The summed E-state index contributed by atoms with van der Waals surface area (Å²) in [5.41, 5.74) is 1.74. The Morgan fingerprint density at radius 1 is 1.42 bits per heavy atom. The molecule has 2 heterocycles. The number of carbonyl (C=O) groups excluding carboxylic acids is 1. The van der Waals surface area contributed by atoms with Crippen LogP contribution in [0.25, 0.3) is 11.3 Å². The van der Waals surface area contributed by atoms with E-state index in [9.17, 15) is 4.79 Å². The smallest absolute Gasteiger partial charge is 0.225 e. The number of anilines is 1. The van der Waals surface area contributed by atoms with Gasteiger partial charge in [0.2, 0.25) is 5.91 Å². The molecule has 3 rings (SSSR count). The van der Waals surface area contributed by atoms with Crippen LogP contribution >= 0.6 is 11.6 Å². The number of benzene rings is 1. The first-order valence-corrected chi connectivity index (χ1v) is 8.85. The molecule has 1 aliphatic heterocycles. The van der Waals surface area contributed by atoms with Crippen molar-refractivity contribution in [3.63, 3.8) is 0 Å². The van der Waals surface area contributed by atoms with Crippen LogP contribution in [-0.4, -0.2) is 40.1 Å². The third-order valence-corrected chi connectivity index (χ3v) is 4.78. The minimum absolute atomic E-state index is 0.0214. The maximum atomic E-state index is 12.1. The van der Waals surface area contributed by atoms with E-state index in [1.807, 2.05) is 30.3 Å². The standard InChI is InChI=1S/C18H23ClN4O/c1-13-4-2-10-23(13)11-3-5-18(24)20-17-12-16(21-22-17)14-6-8-15(19)9-7-14/h6-9,12-13H,2-5,10-11H2,1H3,(H2,20,21,22,24). The Kier molecular flexibility index (Phi) is 5.53. The van der Waals surface area contributed by atoms with Gasteiger partial charge in [-0.05, 0) is 51.4 Å². The van der Waals surface area contributed by atoms with Gasteiger partial charge in [0.05, 0.1) is 5.69 Å². The number of aromatic nitrogens is 2. The lowest BCUT2D eigenvalue weighted by molar-refractivity contribution is -0.116. The first kappa shape index (κ1) is 17.0. The number of hydrogen-bond acceptors (Lipinski definition) is 3. The molecule has 1 aliphatic rings. The highest BCUT2D eigenvalue weighted by atomic mass is 35.5. The van der Waals surface area contributed by atoms with Crippen LogP contribution in [0.1, 0.15) is 32.6 Å². The predicted octanol–water partition coefficient (Wildman–Crippen LogP) is 3.93. The Morgan fingerprint density at radius 2 is 2.21 bits per heavy atom. The number of halogens is 1. The van der Waals surface area contributed by atoms with Gasteiger partial charge in [-0.25, -0.2) is 0 Å². The second-order valence-corrected chi connectivity index (χ2v) is 6.79. The maximum Gasteiger partial charge on any atom is 0.225 e. The van der Waals surface area contributed by atoms with Gasteiger partial charge in [-0.1, -0.05) is 23.7 Å². The summed E-state index contributed by atoms with van der Waals surface area (Å²) < 4.78 is 0. The van der Waals surface area contributed by atoms with Gasteiger partial charge < -0.3 is 10.2 Å². The highest BCUT2D eigenvalue weighted by molar-refractivity contribution is 6.30. The number of nitrogens with zero attached hydrogens (tertiary/aromatic N) is 2. The second-order valence-electron chi connectivity index (χ2n) is 6.35. The molecule has 24 heavy (non-hydrogen) atoms. The number of nitrogens with one attached hydrogen (secondary N) is 2. The van der Waals surface area contributed by atoms with Crippen LogP contribution in [0.2, 0.25) is 5.02 Å². The third-order valence-electron chi connectivity index (χ3n) is 4.53. The van der Waals surface area contributed by atoms with Gasteiger partial charge in [-0.2, -0.15) is 5.10 Å². The van der Waals surface area contributed by atoms with Gasteiger partial charge in [0.25, 0.3) is 0 Å². The summed E-state index contributed by atoms with van der Waals surface area (Å²) in [4.78, 5) is 14.5. The molecule has 2 aromatic rings. The minimum atomic E-state index is 0.0214. The zero-order valence-corrected chi connectivity index (χ0v) is 14.6. The average Bonchev–Trinajstić information content (AvgIpc) is 3.18. The number of amides is 1. The van der Waals surface area contributed by atoms with Crippen LogP contribution in [0, 0.1) is 0 Å². The van der Waals surface area contributed by atoms with E-state index in [2.05, 4.69) is 27.3 Å². The molecule has 1 aromatic carbocycles. The van der Waals surface area contributed by atoms with Crippen molar-refractivity contribution in [2.75, 3.05) is 18.4 Å². The van der Waals surface area contributed by atoms with Crippen LogP contribution in [0.3, 0.4) is 0 Å². The Bertz CT molecular complexity index is 683. The fourth-order valence-corrected chi connectivity index (χ4v) is 3.26. The Balaban J connectivity index is 1.47. The first-order chi connectivity index (χ1) is 11.6. The van der Waals surface area contributed by atoms with Crippen molar-refractivity contribution in [1.82, 2.24) is 15.1 Å². The van der Waals surface area contributed by atoms with E-state index in [1.54, 1.807) is 0 Å². The van der Waals surface area contributed by atoms with E-state index >= 15 is 0 Å². The molecule has 1 aromatic heterocycles. The molecule has 1 fully saturated rings. The molecular weight excluding hydrogens is 324 g/mol. The van der Waals surface area contributed by atoms with E-state index in [1.165, 1.54) is 12.8 Å². The summed E-state index contributed by atoms with van der Waals surface area (Å²) in [7, 11) is 0. The Labute approximate surface area is 147 Å². The molecule has 0 spiro atoms. The number of likely N-dealkylation sites (tertiary alicyclic amines) is 1. The van der Waals surface area contributed by atoms with Gasteiger partial charge >= 0.3 is 0 Å². The monoisotopic (exact) mass is 346 g/mol. The van der Waals surface area contributed by atoms with Crippen LogP contribution in [0.4, 0.5) is 5.82 Å². The Hall–Kier alpha value is -1.85. The lowest BCUT2D eigenvalue weighted by Gasteiger charge is -2.20. The van der Waals surface area contributed by atoms with Crippen molar-refractivity contribution >= 4 is 23.3 Å². The second kappa shape index (κ2) is 7.81. The van der Waals surface area contributed by atoms with Gasteiger partial charge in [-0.15, -0.1) is 0 Å². The van der Waals surface area contributed by atoms with Gasteiger partial charge in [0.1, 0.15) is 5.82 Å². The molecule has 6 heteroatoms. The number of rotatable bonds is 6. The van der Waals surface area contributed by atoms with Crippen LogP contribution in [0.5, 0.6) is 0 Å². The lowest BCUT2D eigenvalue weighted by atomic mass is 10.1. The van der Waals surface area contributed by atoms with Crippen molar-refractivity contribution in [2.24, 2.45) is 0 Å². The van der Waals surface area contributed by atoms with Crippen molar-refractivity contribution in [3.05, 3.63) is 35.4 Å². The fraction of sp³-hybridized carbons (Fsp3) is 0.444. The van der Waals surface area contributed by atoms with Crippen molar-refractivity contribution < 1.29 is 4.79 Å². The molecule has 2 N–H and O–H groups in total. The summed E-state index contributed by atoms with van der Waals surface area (Å²) in [5.74, 6) is 0.646. The van der Waals surface area contributed by atoms with E-state index in [0.29, 0.717) is 23.3 Å². The lowest BCUT2D eigenvalue weighted by Crippen LogP contribution is -2.28. The van der Waals surface area contributed by atoms with Gasteiger partial charge in [0.15, 0.2) is 0 Å². The normalized spacial score (nSPS) is 18.0. The first-order valence-electron chi connectivity index (χ1n) is 8.47. The molecular formula is C18H23ClN4O. The highest BCUT2D eigenvalue weighted by Crippen LogP contribution is 2.22. The zero-order valence-electron chi connectivity index (χ0n) is 13.9. The number of aromatic amines is 1. The van der Waals surface area contributed by atoms with Crippen LogP contribution < -0.4 is 5.32 Å². The molecule has 0 radical (unpaired) electrons. The van der Waals surface area contributed by atoms with Crippen LogP contribution in [0.15, 0.2) is 30.3 Å². The minimum Gasteiger partial charge on any atom is -0.311 e. The molecule has 1 amide bonds. The number of carbonyl (C=O) groups is 1. The summed E-state index contributed by atoms with van der Waals surface area (Å²) in [6.45, 7) is 4.41. The van der Waals surface area contributed by atoms with Gasteiger partial charge in [0, 0.05) is 29.1 Å². The topological polar surface area (TPSA) is 61.0 Å². The summed E-state index contributed by atoms with van der Waals surface area (Å²) >= 11 is 5.89. The van der Waals surface area contributed by atoms with Crippen LogP contribution in [-0.2, 0) is 4.79 Å². The molecule has 1 unspecified atom stereocenters. The number of hydrogen-bond donors (Lipinski definition) is 2. The van der Waals surface area contributed by atoms with Crippen molar-refractivity contribution in [3.8, 4) is 11.3 Å². The van der Waals surface area contributed by atoms with Crippen molar-refractivity contribution in [2.45, 2.75) is 38.6 Å². The maximum absolute atomic E-state index is 12.1. The summed E-state index contributed by atoms with van der Waals surface area (Å²) in [6.07, 6.45) is 3.95. The van der Waals surface area contributed by atoms with Gasteiger partial charge in [-0.3, -0.25) is 9.89 Å². The SMILES string of the molecule is CC1CCCN1CCCC(=O)Nc1cc(-c2ccc(Cl)cc2)n[nH]1. The molecule has 0 saturated carbocycles. The Morgan fingerprint density at radius 3 is 2.92 bits per heavy atom. The van der Waals surface area contributed by atoms with E-state index in [-0.39, 0.29) is 5.91 Å². The van der Waals surface area contributed by atoms with Crippen molar-refractivity contribution in [1.29, 1.82) is 0 Å². The number of H-pyrrole nitrogens is 1. The van der Waals surface area contributed by atoms with E-state index in [4.69, 9.17) is 11.6 Å². The molecule has 128 valence electrons. The molecule has 1 atom stereocenters. The fourth-order valence-electron chi connectivity index (χ4n) is 3.13. The quantitative estimate of drug-likeness (QED) is 0.833. The van der Waals surface area contributed by atoms with E-state index < -0.39 is 0 Å². The predicted molar refractivity (Wildman–Crippen MR) is 97.2 cm³/mol. The molecule has 5 nitrogen and oxygen atoms in total. The van der Waals surface area contributed by atoms with E-state index in [0.717, 1.165) is 30.8 Å². The summed E-state index contributed by atoms with van der Waals surface area (Å²) in [6, 6.07) is 9.95.